The molecule has 2 rings (SSSR count). The molecule has 1 aliphatic rings. The summed E-state index contributed by atoms with van der Waals surface area (Å²) in [5, 5.41) is 0. The van der Waals surface area contributed by atoms with Gasteiger partial charge in [-0.1, -0.05) is 45.2 Å². The Balaban J connectivity index is 2.21. The number of hydrogen-bond donors (Lipinski definition) is 2. The minimum Gasteiger partial charge on any atom is -0.271 e. The molecule has 3 N–H and O–H groups in total. The van der Waals surface area contributed by atoms with Crippen LogP contribution in [0.1, 0.15) is 51.5 Å². The van der Waals surface area contributed by atoms with Crippen molar-refractivity contribution in [3.63, 3.8) is 0 Å². The maximum Gasteiger partial charge on any atom is 0.123 e. The molecule has 0 bridgehead atoms. The highest BCUT2D eigenvalue weighted by Gasteiger charge is 2.36. The molecule has 1 aromatic carbocycles. The Kier molecular flexibility index (Phi) is 4.58. The zero-order valence-corrected chi connectivity index (χ0v) is 12.0. The number of rotatable bonds is 4. The fourth-order valence-corrected chi connectivity index (χ4v) is 3.46. The molecular formula is C16H25FN2. The molecule has 0 radical (unpaired) electrons. The van der Waals surface area contributed by atoms with Crippen LogP contribution >= 0.6 is 0 Å². The lowest BCUT2D eigenvalue weighted by atomic mass is 9.69. The normalized spacial score (nSPS) is 19.4. The topological polar surface area (TPSA) is 38.0 Å². The van der Waals surface area contributed by atoms with Crippen LogP contribution in [0.25, 0.3) is 0 Å². The van der Waals surface area contributed by atoms with E-state index in [9.17, 15) is 4.39 Å². The van der Waals surface area contributed by atoms with Gasteiger partial charge in [-0.2, -0.15) is 0 Å². The lowest BCUT2D eigenvalue weighted by Gasteiger charge is -2.41. The highest BCUT2D eigenvalue weighted by atomic mass is 19.1. The molecule has 19 heavy (non-hydrogen) atoms. The Morgan fingerprint density at radius 3 is 2.26 bits per heavy atom. The zero-order valence-electron chi connectivity index (χ0n) is 12.0. The van der Waals surface area contributed by atoms with E-state index in [4.69, 9.17) is 5.84 Å². The van der Waals surface area contributed by atoms with E-state index >= 15 is 0 Å². The monoisotopic (exact) mass is 264 g/mol. The van der Waals surface area contributed by atoms with Crippen molar-refractivity contribution in [2.75, 3.05) is 0 Å². The Hall–Kier alpha value is -0.930. The van der Waals surface area contributed by atoms with Gasteiger partial charge in [-0.25, -0.2) is 4.39 Å². The van der Waals surface area contributed by atoms with Crippen LogP contribution in [0.3, 0.4) is 0 Å². The van der Waals surface area contributed by atoms with Gasteiger partial charge in [-0.05, 0) is 36.5 Å². The second-order valence-corrected chi connectivity index (χ2v) is 6.27. The summed E-state index contributed by atoms with van der Waals surface area (Å²) in [7, 11) is 0. The van der Waals surface area contributed by atoms with E-state index in [0.717, 1.165) is 5.56 Å². The van der Waals surface area contributed by atoms with E-state index in [1.165, 1.54) is 44.2 Å². The first kappa shape index (κ1) is 14.5. The van der Waals surface area contributed by atoms with Crippen molar-refractivity contribution in [1.29, 1.82) is 0 Å². The van der Waals surface area contributed by atoms with E-state index in [2.05, 4.69) is 19.3 Å². The minimum absolute atomic E-state index is 0.0928. The highest BCUT2D eigenvalue weighted by Crippen LogP contribution is 2.37. The average Bonchev–Trinajstić information content (AvgIpc) is 2.41. The van der Waals surface area contributed by atoms with E-state index in [1.807, 2.05) is 12.1 Å². The van der Waals surface area contributed by atoms with Crippen LogP contribution in [-0.4, -0.2) is 6.04 Å². The fourth-order valence-electron chi connectivity index (χ4n) is 3.46. The highest BCUT2D eigenvalue weighted by molar-refractivity contribution is 5.26. The second kappa shape index (κ2) is 6.02. The smallest absolute Gasteiger partial charge is 0.123 e. The quantitative estimate of drug-likeness (QED) is 0.645. The molecule has 0 spiro atoms. The van der Waals surface area contributed by atoms with Gasteiger partial charge < -0.3 is 0 Å². The van der Waals surface area contributed by atoms with Crippen molar-refractivity contribution in [2.24, 2.45) is 11.8 Å². The van der Waals surface area contributed by atoms with E-state index in [-0.39, 0.29) is 17.3 Å². The van der Waals surface area contributed by atoms with Gasteiger partial charge in [0.15, 0.2) is 0 Å². The zero-order chi connectivity index (χ0) is 13.9. The minimum atomic E-state index is -0.186. The standard InChI is InChI=1S/C16H25FN2/c1-16(2,13-8-10-14(17)11-9-13)15(19-18)12-6-4-3-5-7-12/h8-12,15,19H,3-7,18H2,1-2H3. The third-order valence-corrected chi connectivity index (χ3v) is 4.67. The van der Waals surface area contributed by atoms with E-state index < -0.39 is 0 Å². The lowest BCUT2D eigenvalue weighted by molar-refractivity contribution is 0.198. The summed E-state index contributed by atoms with van der Waals surface area (Å²) in [5.41, 5.74) is 4.08. The van der Waals surface area contributed by atoms with Gasteiger partial charge in [0.2, 0.25) is 0 Å². The summed E-state index contributed by atoms with van der Waals surface area (Å²) >= 11 is 0. The molecule has 0 heterocycles. The molecule has 0 saturated heterocycles. The van der Waals surface area contributed by atoms with Gasteiger partial charge in [0.05, 0.1) is 0 Å². The molecular weight excluding hydrogens is 239 g/mol. The summed E-state index contributed by atoms with van der Waals surface area (Å²) in [6, 6.07) is 7.06. The van der Waals surface area contributed by atoms with Gasteiger partial charge in [-0.3, -0.25) is 11.3 Å². The van der Waals surface area contributed by atoms with Gasteiger partial charge in [-0.15, -0.1) is 0 Å². The van der Waals surface area contributed by atoms with Gasteiger partial charge in [0.25, 0.3) is 0 Å². The van der Waals surface area contributed by atoms with Gasteiger partial charge >= 0.3 is 0 Å². The molecule has 0 aromatic heterocycles. The SMILES string of the molecule is CC(C)(c1ccc(F)cc1)C(NN)C1CCCCC1. The fraction of sp³-hybridized carbons (Fsp3) is 0.625. The van der Waals surface area contributed by atoms with Crippen LogP contribution in [0.15, 0.2) is 24.3 Å². The first-order valence-electron chi connectivity index (χ1n) is 7.28. The molecule has 1 aliphatic carbocycles. The van der Waals surface area contributed by atoms with Crippen molar-refractivity contribution < 1.29 is 4.39 Å². The summed E-state index contributed by atoms with van der Waals surface area (Å²) in [6.07, 6.45) is 6.40. The van der Waals surface area contributed by atoms with E-state index in [1.54, 1.807) is 0 Å². The molecule has 1 saturated carbocycles. The summed E-state index contributed by atoms with van der Waals surface area (Å²) < 4.78 is 13.1. The molecule has 1 unspecified atom stereocenters. The van der Waals surface area contributed by atoms with Crippen LogP contribution in [0.5, 0.6) is 0 Å². The van der Waals surface area contributed by atoms with Crippen molar-refractivity contribution in [3.8, 4) is 0 Å². The maximum absolute atomic E-state index is 13.1. The van der Waals surface area contributed by atoms with Crippen LogP contribution in [0, 0.1) is 11.7 Å². The van der Waals surface area contributed by atoms with Gasteiger partial charge in [0.1, 0.15) is 5.82 Å². The Bertz CT molecular complexity index is 394. The van der Waals surface area contributed by atoms with Crippen molar-refractivity contribution in [2.45, 2.75) is 57.4 Å². The van der Waals surface area contributed by atoms with Gasteiger partial charge in [0, 0.05) is 11.5 Å². The third-order valence-electron chi connectivity index (χ3n) is 4.67. The number of benzene rings is 1. The van der Waals surface area contributed by atoms with Crippen LogP contribution < -0.4 is 11.3 Å². The van der Waals surface area contributed by atoms with Crippen LogP contribution in [0.2, 0.25) is 0 Å². The third kappa shape index (κ3) is 3.15. The Morgan fingerprint density at radius 2 is 1.74 bits per heavy atom. The number of halogens is 1. The molecule has 2 nitrogen and oxygen atoms in total. The number of hydrazine groups is 1. The van der Waals surface area contributed by atoms with E-state index in [0.29, 0.717) is 5.92 Å². The molecule has 0 amide bonds. The van der Waals surface area contributed by atoms with Crippen LogP contribution in [-0.2, 0) is 5.41 Å². The first-order chi connectivity index (χ1) is 9.05. The van der Waals surface area contributed by atoms with Crippen LogP contribution in [0.4, 0.5) is 4.39 Å². The van der Waals surface area contributed by atoms with Crippen molar-refractivity contribution >= 4 is 0 Å². The number of nitrogens with one attached hydrogen (secondary N) is 1. The second-order valence-electron chi connectivity index (χ2n) is 6.27. The summed E-state index contributed by atoms with van der Waals surface area (Å²) in [4.78, 5) is 0. The first-order valence-corrected chi connectivity index (χ1v) is 7.28. The predicted molar refractivity (Wildman–Crippen MR) is 77.1 cm³/mol. The Morgan fingerprint density at radius 1 is 1.16 bits per heavy atom. The molecule has 1 aromatic rings. The molecule has 3 heteroatoms. The predicted octanol–water partition coefficient (Wildman–Crippen LogP) is 3.52. The largest absolute Gasteiger partial charge is 0.271 e. The number of hydrogen-bond acceptors (Lipinski definition) is 2. The molecule has 1 fully saturated rings. The number of nitrogens with two attached hydrogens (primary N) is 1. The van der Waals surface area contributed by atoms with Crippen molar-refractivity contribution in [1.82, 2.24) is 5.43 Å². The lowest BCUT2D eigenvalue weighted by Crippen LogP contribution is -2.53. The summed E-state index contributed by atoms with van der Waals surface area (Å²) in [6.45, 7) is 4.39. The average molecular weight is 264 g/mol. The molecule has 1 atom stereocenters. The molecule has 106 valence electrons. The summed E-state index contributed by atoms with van der Waals surface area (Å²) in [5.74, 6) is 6.26. The molecule has 0 aliphatic heterocycles. The van der Waals surface area contributed by atoms with Crippen molar-refractivity contribution in [3.05, 3.63) is 35.6 Å². The maximum atomic E-state index is 13.1. The Labute approximate surface area is 115 Å².